The summed E-state index contributed by atoms with van der Waals surface area (Å²) in [4.78, 5) is 20.0. The van der Waals surface area contributed by atoms with Gasteiger partial charge < -0.3 is 4.98 Å². The van der Waals surface area contributed by atoms with Crippen molar-refractivity contribution in [3.05, 3.63) is 75.8 Å². The normalized spacial score (nSPS) is 11.3. The molecule has 4 aromatic rings. The highest BCUT2D eigenvalue weighted by molar-refractivity contribution is 7.11. The van der Waals surface area contributed by atoms with Gasteiger partial charge in [0.25, 0.3) is 5.91 Å². The van der Waals surface area contributed by atoms with Crippen LogP contribution in [-0.2, 0) is 0 Å². The Morgan fingerprint density at radius 3 is 2.92 bits per heavy atom. The summed E-state index contributed by atoms with van der Waals surface area (Å²) >= 11 is 7.59. The van der Waals surface area contributed by atoms with E-state index in [1.54, 1.807) is 12.3 Å². The molecule has 2 aromatic heterocycles. The summed E-state index contributed by atoms with van der Waals surface area (Å²) in [6.45, 7) is 0. The first kappa shape index (κ1) is 16.5. The summed E-state index contributed by atoms with van der Waals surface area (Å²) in [7, 11) is 0. The van der Waals surface area contributed by atoms with E-state index in [0.717, 1.165) is 27.0 Å². The number of hydrogen-bond acceptors (Lipinski definition) is 4. The minimum atomic E-state index is -0.330. The first-order valence-electron chi connectivity index (χ1n) is 7.82. The van der Waals surface area contributed by atoms with Crippen LogP contribution < -0.4 is 5.43 Å². The molecular weight excluding hydrogens is 368 g/mol. The lowest BCUT2D eigenvalue weighted by Crippen LogP contribution is -2.18. The zero-order valence-corrected chi connectivity index (χ0v) is 15.0. The van der Waals surface area contributed by atoms with E-state index in [9.17, 15) is 4.79 Å². The van der Waals surface area contributed by atoms with E-state index >= 15 is 0 Å². The highest BCUT2D eigenvalue weighted by Gasteiger charge is 2.19. The van der Waals surface area contributed by atoms with Crippen LogP contribution in [0.5, 0.6) is 0 Å². The number of nitrogens with one attached hydrogen (secondary N) is 2. The molecule has 0 aliphatic carbocycles. The smallest absolute Gasteiger partial charge is 0.288 e. The lowest BCUT2D eigenvalue weighted by atomic mass is 10.0. The van der Waals surface area contributed by atoms with Gasteiger partial charge >= 0.3 is 0 Å². The summed E-state index contributed by atoms with van der Waals surface area (Å²) in [5.41, 5.74) is 5.52. The summed E-state index contributed by atoms with van der Waals surface area (Å²) in [5, 5.41) is 8.11. The molecule has 2 N–H and O–H groups in total. The van der Waals surface area contributed by atoms with Crippen molar-refractivity contribution >= 4 is 46.0 Å². The largest absolute Gasteiger partial charge is 0.350 e. The van der Waals surface area contributed by atoms with Crippen molar-refractivity contribution in [3.63, 3.8) is 0 Å². The number of para-hydroxylation sites is 1. The second-order valence-electron chi connectivity index (χ2n) is 5.50. The van der Waals surface area contributed by atoms with Crippen molar-refractivity contribution in [2.24, 2.45) is 5.10 Å². The van der Waals surface area contributed by atoms with Gasteiger partial charge in [0.1, 0.15) is 10.7 Å². The van der Waals surface area contributed by atoms with Gasteiger partial charge in [-0.25, -0.2) is 10.4 Å². The lowest BCUT2D eigenvalue weighted by Gasteiger charge is -2.05. The molecule has 2 aromatic carbocycles. The van der Waals surface area contributed by atoms with Crippen LogP contribution in [0, 0.1) is 0 Å². The highest BCUT2D eigenvalue weighted by Crippen LogP contribution is 2.33. The second kappa shape index (κ2) is 7.11. The molecular formula is C19H13ClN4OS. The number of carbonyl (C=O) groups excluding carboxylic acids is 1. The standard InChI is InChI=1S/C19H13ClN4OS/c20-13-5-3-4-12(10-13)17-14-6-1-2-7-15(14)23-18(17)19(25)24-22-11-16-21-8-9-26-16/h1-11,23H,(H,24,25). The number of aromatic nitrogens is 2. The summed E-state index contributed by atoms with van der Waals surface area (Å²) in [6.07, 6.45) is 3.20. The van der Waals surface area contributed by atoms with Gasteiger partial charge in [-0.3, -0.25) is 4.79 Å². The topological polar surface area (TPSA) is 70.1 Å². The fraction of sp³-hybridized carbons (Fsp3) is 0. The molecule has 0 atom stereocenters. The van der Waals surface area contributed by atoms with E-state index in [0.29, 0.717) is 10.7 Å². The zero-order chi connectivity index (χ0) is 17.9. The Labute approximate surface area is 158 Å². The third kappa shape index (κ3) is 3.24. The number of hydrazone groups is 1. The summed E-state index contributed by atoms with van der Waals surface area (Å²) < 4.78 is 0. The zero-order valence-electron chi connectivity index (χ0n) is 13.4. The van der Waals surface area contributed by atoms with E-state index in [-0.39, 0.29) is 5.91 Å². The summed E-state index contributed by atoms with van der Waals surface area (Å²) in [5.74, 6) is -0.330. The second-order valence-corrected chi connectivity index (χ2v) is 6.86. The molecule has 0 aliphatic heterocycles. The highest BCUT2D eigenvalue weighted by atomic mass is 35.5. The molecule has 26 heavy (non-hydrogen) atoms. The van der Waals surface area contributed by atoms with Crippen LogP contribution in [0.2, 0.25) is 5.02 Å². The molecule has 1 amide bonds. The number of hydrogen-bond donors (Lipinski definition) is 2. The number of fused-ring (bicyclic) bond motifs is 1. The number of amides is 1. The molecule has 0 unspecified atom stereocenters. The number of halogens is 1. The Morgan fingerprint density at radius 2 is 2.12 bits per heavy atom. The number of carbonyl (C=O) groups is 1. The van der Waals surface area contributed by atoms with E-state index in [1.165, 1.54) is 17.6 Å². The average molecular weight is 381 g/mol. The molecule has 0 radical (unpaired) electrons. The van der Waals surface area contributed by atoms with Crippen molar-refractivity contribution in [2.75, 3.05) is 0 Å². The van der Waals surface area contributed by atoms with Crippen LogP contribution >= 0.6 is 22.9 Å². The Hall–Kier alpha value is -2.96. The molecule has 128 valence electrons. The lowest BCUT2D eigenvalue weighted by molar-refractivity contribution is 0.0951. The Bertz CT molecular complexity index is 1100. The number of rotatable bonds is 4. The van der Waals surface area contributed by atoms with E-state index < -0.39 is 0 Å². The monoisotopic (exact) mass is 380 g/mol. The van der Waals surface area contributed by atoms with Crippen molar-refractivity contribution in [1.82, 2.24) is 15.4 Å². The Balaban J connectivity index is 1.74. The molecule has 0 fully saturated rings. The number of aromatic amines is 1. The third-order valence-corrected chi connectivity index (χ3v) is 4.78. The van der Waals surface area contributed by atoms with Gasteiger partial charge in [-0.15, -0.1) is 11.3 Å². The van der Waals surface area contributed by atoms with Crippen LogP contribution in [0.25, 0.3) is 22.0 Å². The molecule has 0 bridgehead atoms. The Kier molecular flexibility index (Phi) is 4.51. The first-order valence-corrected chi connectivity index (χ1v) is 9.07. The molecule has 0 saturated carbocycles. The number of H-pyrrole nitrogens is 1. The Morgan fingerprint density at radius 1 is 1.23 bits per heavy atom. The molecule has 0 spiro atoms. The van der Waals surface area contributed by atoms with Crippen molar-refractivity contribution in [2.45, 2.75) is 0 Å². The molecule has 7 heteroatoms. The molecule has 5 nitrogen and oxygen atoms in total. The van der Waals surface area contributed by atoms with Crippen LogP contribution in [0.4, 0.5) is 0 Å². The minimum absolute atomic E-state index is 0.330. The number of thiazole rings is 1. The third-order valence-electron chi connectivity index (χ3n) is 3.84. The van der Waals surface area contributed by atoms with Gasteiger partial charge in [0.05, 0.1) is 6.21 Å². The summed E-state index contributed by atoms with van der Waals surface area (Å²) in [6, 6.07) is 15.2. The van der Waals surface area contributed by atoms with Crippen molar-refractivity contribution < 1.29 is 4.79 Å². The van der Waals surface area contributed by atoms with E-state index in [1.807, 2.05) is 47.8 Å². The number of benzene rings is 2. The fourth-order valence-electron chi connectivity index (χ4n) is 2.76. The minimum Gasteiger partial charge on any atom is -0.350 e. The molecule has 4 rings (SSSR count). The van der Waals surface area contributed by atoms with Crippen LogP contribution in [0.3, 0.4) is 0 Å². The van der Waals surface area contributed by atoms with Crippen molar-refractivity contribution in [1.29, 1.82) is 0 Å². The molecule has 2 heterocycles. The van der Waals surface area contributed by atoms with Gasteiger partial charge in [-0.1, -0.05) is 41.9 Å². The quantitative estimate of drug-likeness (QED) is 0.397. The van der Waals surface area contributed by atoms with Crippen LogP contribution in [0.1, 0.15) is 15.5 Å². The van der Waals surface area contributed by atoms with Crippen LogP contribution in [-0.4, -0.2) is 22.1 Å². The van der Waals surface area contributed by atoms with Crippen LogP contribution in [0.15, 0.2) is 65.2 Å². The van der Waals surface area contributed by atoms with Crippen molar-refractivity contribution in [3.8, 4) is 11.1 Å². The van der Waals surface area contributed by atoms with Gasteiger partial charge in [0.15, 0.2) is 0 Å². The van der Waals surface area contributed by atoms with Gasteiger partial charge in [-0.05, 0) is 23.8 Å². The maximum atomic E-state index is 12.7. The predicted molar refractivity (Wildman–Crippen MR) is 106 cm³/mol. The van der Waals surface area contributed by atoms with Gasteiger partial charge in [0.2, 0.25) is 0 Å². The fourth-order valence-corrected chi connectivity index (χ4v) is 3.44. The maximum absolute atomic E-state index is 12.7. The molecule has 0 saturated heterocycles. The first-order chi connectivity index (χ1) is 12.7. The molecule has 0 aliphatic rings. The van der Waals surface area contributed by atoms with Gasteiger partial charge in [0, 0.05) is 33.1 Å². The SMILES string of the molecule is O=C(NN=Cc1nccs1)c1[nH]c2ccccc2c1-c1cccc(Cl)c1. The maximum Gasteiger partial charge on any atom is 0.288 e. The average Bonchev–Trinajstić information content (AvgIpc) is 3.29. The van der Waals surface area contributed by atoms with E-state index in [2.05, 4.69) is 20.5 Å². The predicted octanol–water partition coefficient (Wildman–Crippen LogP) is 4.71. The van der Waals surface area contributed by atoms with E-state index in [4.69, 9.17) is 11.6 Å². The van der Waals surface area contributed by atoms with Gasteiger partial charge in [-0.2, -0.15) is 5.10 Å². The number of nitrogens with zero attached hydrogens (tertiary/aromatic N) is 2.